The van der Waals surface area contributed by atoms with E-state index in [1.54, 1.807) is 6.92 Å². The van der Waals surface area contributed by atoms with Crippen LogP contribution in [-0.2, 0) is 4.79 Å². The number of carbonyl (C=O) groups is 1. The van der Waals surface area contributed by atoms with Crippen molar-refractivity contribution in [3.05, 3.63) is 0 Å². The number of rotatable bonds is 8. The van der Waals surface area contributed by atoms with Crippen molar-refractivity contribution in [3.8, 4) is 0 Å². The Bertz CT molecular complexity index is 286. The Hall–Kier alpha value is -0.610. The fourth-order valence-corrected chi connectivity index (χ4v) is 1.93. The van der Waals surface area contributed by atoms with Crippen LogP contribution in [0.5, 0.6) is 0 Å². The number of carboxylic acids is 1. The van der Waals surface area contributed by atoms with Crippen LogP contribution in [0.1, 0.15) is 54.4 Å². The van der Waals surface area contributed by atoms with E-state index < -0.39 is 11.5 Å². The third-order valence-corrected chi connectivity index (χ3v) is 4.12. The summed E-state index contributed by atoms with van der Waals surface area (Å²) >= 11 is 0. The van der Waals surface area contributed by atoms with Gasteiger partial charge in [0.15, 0.2) is 0 Å². The molecule has 4 heteroatoms. The predicted molar refractivity (Wildman–Crippen MR) is 80.5 cm³/mol. The van der Waals surface area contributed by atoms with Gasteiger partial charge in [-0.25, -0.2) is 0 Å². The minimum absolute atomic E-state index is 0.200. The van der Waals surface area contributed by atoms with E-state index in [-0.39, 0.29) is 5.41 Å². The maximum Gasteiger partial charge on any atom is 0.323 e. The second-order valence-corrected chi connectivity index (χ2v) is 6.84. The van der Waals surface area contributed by atoms with E-state index in [4.69, 9.17) is 0 Å². The molecule has 0 fully saturated rings. The zero-order valence-electron chi connectivity index (χ0n) is 13.7. The van der Waals surface area contributed by atoms with E-state index in [1.807, 2.05) is 6.92 Å². The molecule has 19 heavy (non-hydrogen) atoms. The smallest absolute Gasteiger partial charge is 0.323 e. The molecule has 4 nitrogen and oxygen atoms in total. The van der Waals surface area contributed by atoms with E-state index in [2.05, 4.69) is 45.0 Å². The standard InChI is InChI=1S/C15H32N2O2/c1-8-10-16-15(6,13(18)19)9-11-17(7)12(2)14(3,4)5/h12,16H,8-11H2,1-7H3,(H,18,19). The van der Waals surface area contributed by atoms with Crippen LogP contribution in [-0.4, -0.2) is 47.7 Å². The zero-order valence-corrected chi connectivity index (χ0v) is 13.7. The van der Waals surface area contributed by atoms with Crippen molar-refractivity contribution in [2.45, 2.75) is 66.0 Å². The van der Waals surface area contributed by atoms with Crippen LogP contribution in [0.2, 0.25) is 0 Å². The van der Waals surface area contributed by atoms with Gasteiger partial charge in [0.05, 0.1) is 0 Å². The molecule has 0 aromatic heterocycles. The monoisotopic (exact) mass is 272 g/mol. The summed E-state index contributed by atoms with van der Waals surface area (Å²) in [6, 6.07) is 0.414. The molecule has 0 spiro atoms. The Balaban J connectivity index is 4.52. The van der Waals surface area contributed by atoms with E-state index in [9.17, 15) is 9.90 Å². The SMILES string of the molecule is CCCNC(C)(CCN(C)C(C)C(C)(C)C)C(=O)O. The molecule has 0 amide bonds. The molecular formula is C15H32N2O2. The first kappa shape index (κ1) is 18.4. The molecule has 0 heterocycles. The van der Waals surface area contributed by atoms with Gasteiger partial charge in [0, 0.05) is 12.6 Å². The van der Waals surface area contributed by atoms with Crippen LogP contribution in [0.15, 0.2) is 0 Å². The van der Waals surface area contributed by atoms with E-state index in [1.165, 1.54) is 0 Å². The summed E-state index contributed by atoms with van der Waals surface area (Å²) in [6.45, 7) is 14.2. The van der Waals surface area contributed by atoms with Gasteiger partial charge in [-0.2, -0.15) is 0 Å². The largest absolute Gasteiger partial charge is 0.480 e. The molecular weight excluding hydrogens is 240 g/mol. The molecule has 0 radical (unpaired) electrons. The molecule has 0 aliphatic heterocycles. The van der Waals surface area contributed by atoms with Gasteiger partial charge in [0.2, 0.25) is 0 Å². The van der Waals surface area contributed by atoms with Gasteiger partial charge in [0.1, 0.15) is 5.54 Å². The fraction of sp³-hybridized carbons (Fsp3) is 0.933. The first-order valence-electron chi connectivity index (χ1n) is 7.23. The fourth-order valence-electron chi connectivity index (χ4n) is 1.93. The highest BCUT2D eigenvalue weighted by molar-refractivity contribution is 5.78. The number of nitrogens with zero attached hydrogens (tertiary/aromatic N) is 1. The minimum Gasteiger partial charge on any atom is -0.480 e. The Morgan fingerprint density at radius 3 is 2.21 bits per heavy atom. The number of hydrogen-bond donors (Lipinski definition) is 2. The lowest BCUT2D eigenvalue weighted by molar-refractivity contribution is -0.144. The Labute approximate surface area is 118 Å². The zero-order chi connectivity index (χ0) is 15.3. The van der Waals surface area contributed by atoms with Crippen molar-refractivity contribution < 1.29 is 9.90 Å². The minimum atomic E-state index is -0.831. The van der Waals surface area contributed by atoms with Crippen LogP contribution >= 0.6 is 0 Å². The summed E-state index contributed by atoms with van der Waals surface area (Å²) in [5.41, 5.74) is -0.632. The van der Waals surface area contributed by atoms with Crippen LogP contribution in [0, 0.1) is 5.41 Å². The first-order valence-corrected chi connectivity index (χ1v) is 7.23. The quantitative estimate of drug-likeness (QED) is 0.713. The van der Waals surface area contributed by atoms with Crippen molar-refractivity contribution in [2.75, 3.05) is 20.1 Å². The predicted octanol–water partition coefficient (Wildman–Crippen LogP) is 2.59. The third-order valence-electron chi connectivity index (χ3n) is 4.12. The summed E-state index contributed by atoms with van der Waals surface area (Å²) in [5.74, 6) is -0.766. The molecule has 2 atom stereocenters. The highest BCUT2D eigenvalue weighted by atomic mass is 16.4. The van der Waals surface area contributed by atoms with E-state index in [0.717, 1.165) is 19.5 Å². The normalized spacial score (nSPS) is 17.3. The van der Waals surface area contributed by atoms with Crippen molar-refractivity contribution in [3.63, 3.8) is 0 Å². The highest BCUT2D eigenvalue weighted by Gasteiger charge is 2.33. The van der Waals surface area contributed by atoms with Gasteiger partial charge in [-0.15, -0.1) is 0 Å². The molecule has 0 aliphatic rings. The Morgan fingerprint density at radius 2 is 1.84 bits per heavy atom. The molecule has 0 saturated carbocycles. The van der Waals surface area contributed by atoms with Gasteiger partial charge in [-0.1, -0.05) is 27.7 Å². The van der Waals surface area contributed by atoms with Gasteiger partial charge < -0.3 is 15.3 Å². The Morgan fingerprint density at radius 1 is 1.32 bits per heavy atom. The maximum absolute atomic E-state index is 11.4. The number of carboxylic acid groups (broad SMARTS) is 1. The summed E-state index contributed by atoms with van der Waals surface area (Å²) < 4.78 is 0. The van der Waals surface area contributed by atoms with Crippen LogP contribution in [0.25, 0.3) is 0 Å². The lowest BCUT2D eigenvalue weighted by atomic mass is 9.86. The molecule has 0 aromatic rings. The molecule has 2 unspecified atom stereocenters. The molecule has 114 valence electrons. The van der Waals surface area contributed by atoms with Crippen molar-refractivity contribution >= 4 is 5.97 Å². The lowest BCUT2D eigenvalue weighted by Crippen LogP contribution is -2.52. The molecule has 0 saturated heterocycles. The van der Waals surface area contributed by atoms with Crippen molar-refractivity contribution in [1.82, 2.24) is 10.2 Å². The lowest BCUT2D eigenvalue weighted by Gasteiger charge is -2.37. The molecule has 0 bridgehead atoms. The number of aliphatic carboxylic acids is 1. The molecule has 0 rings (SSSR count). The highest BCUT2D eigenvalue weighted by Crippen LogP contribution is 2.24. The topological polar surface area (TPSA) is 52.6 Å². The summed E-state index contributed by atoms with van der Waals surface area (Å²) in [4.78, 5) is 13.7. The average molecular weight is 272 g/mol. The molecule has 0 aliphatic carbocycles. The van der Waals surface area contributed by atoms with Crippen LogP contribution in [0.3, 0.4) is 0 Å². The number of hydrogen-bond acceptors (Lipinski definition) is 3. The van der Waals surface area contributed by atoms with Gasteiger partial charge >= 0.3 is 5.97 Å². The molecule has 0 aromatic carbocycles. The maximum atomic E-state index is 11.4. The third kappa shape index (κ3) is 5.91. The van der Waals surface area contributed by atoms with Gasteiger partial charge in [0.25, 0.3) is 0 Å². The van der Waals surface area contributed by atoms with Gasteiger partial charge in [-0.3, -0.25) is 4.79 Å². The van der Waals surface area contributed by atoms with Gasteiger partial charge in [-0.05, 0) is 45.7 Å². The number of nitrogens with one attached hydrogen (secondary N) is 1. The summed E-state index contributed by atoms with van der Waals surface area (Å²) in [5, 5.41) is 12.5. The second-order valence-electron chi connectivity index (χ2n) is 6.84. The average Bonchev–Trinajstić information content (AvgIpc) is 2.31. The molecule has 2 N–H and O–H groups in total. The van der Waals surface area contributed by atoms with E-state index >= 15 is 0 Å². The van der Waals surface area contributed by atoms with Crippen molar-refractivity contribution in [1.29, 1.82) is 0 Å². The van der Waals surface area contributed by atoms with Crippen molar-refractivity contribution in [2.24, 2.45) is 5.41 Å². The summed E-state index contributed by atoms with van der Waals surface area (Å²) in [6.07, 6.45) is 1.55. The second kappa shape index (κ2) is 7.25. The Kier molecular flexibility index (Phi) is 7.01. The van der Waals surface area contributed by atoms with E-state index in [0.29, 0.717) is 12.5 Å². The first-order chi connectivity index (χ1) is 8.54. The van der Waals surface area contributed by atoms with Crippen LogP contribution < -0.4 is 5.32 Å². The summed E-state index contributed by atoms with van der Waals surface area (Å²) in [7, 11) is 2.07. The van der Waals surface area contributed by atoms with Crippen LogP contribution in [0.4, 0.5) is 0 Å².